The molecule has 1 aliphatic carbocycles. The third kappa shape index (κ3) is 2.42. The van der Waals surface area contributed by atoms with E-state index in [0.29, 0.717) is 18.2 Å². The molecule has 0 saturated heterocycles. The van der Waals surface area contributed by atoms with Gasteiger partial charge in [0.15, 0.2) is 0 Å². The Bertz CT molecular complexity index is 691. The van der Waals surface area contributed by atoms with Gasteiger partial charge in [-0.15, -0.1) is 4.99 Å². The summed E-state index contributed by atoms with van der Waals surface area (Å²) in [6.45, 7) is 4.27. The molecule has 0 bridgehead atoms. The van der Waals surface area contributed by atoms with E-state index < -0.39 is 0 Å². The second-order valence-corrected chi connectivity index (χ2v) is 7.90. The first-order valence-corrected chi connectivity index (χ1v) is 9.70. The molecule has 3 atom stereocenters. The average molecular weight is 348 g/mol. The number of hydrogen-bond donors (Lipinski definition) is 0. The Hall–Kier alpha value is -1.27. The molecule has 2 aliphatic heterocycles. The van der Waals surface area contributed by atoms with Gasteiger partial charge < -0.3 is 9.47 Å². The van der Waals surface area contributed by atoms with E-state index in [1.54, 1.807) is 7.11 Å². The van der Waals surface area contributed by atoms with Crippen LogP contribution < -0.4 is 9.30 Å². The number of methoxy groups -OCH3 is 2. The second kappa shape index (κ2) is 6.23. The van der Waals surface area contributed by atoms with Gasteiger partial charge in [0.25, 0.3) is 0 Å². The number of aryl methyl sites for hydroxylation is 1. The Labute approximate surface area is 148 Å². The van der Waals surface area contributed by atoms with Crippen molar-refractivity contribution in [1.29, 1.82) is 0 Å². The average Bonchev–Trinajstić information content (AvgIpc) is 2.81. The highest BCUT2D eigenvalue weighted by molar-refractivity contribution is 7.96. The van der Waals surface area contributed by atoms with Gasteiger partial charge in [0.2, 0.25) is 0 Å². The lowest BCUT2D eigenvalue weighted by atomic mass is 10.1. The summed E-state index contributed by atoms with van der Waals surface area (Å²) in [6, 6.07) is 0.905. The molecule has 1 saturated carbocycles. The van der Waals surface area contributed by atoms with Gasteiger partial charge in [0.05, 0.1) is 25.2 Å². The van der Waals surface area contributed by atoms with Crippen LogP contribution in [0.25, 0.3) is 0 Å². The first kappa shape index (κ1) is 16.2. The fourth-order valence-electron chi connectivity index (χ4n) is 4.32. The molecule has 130 valence electrons. The van der Waals surface area contributed by atoms with Crippen LogP contribution in [0.3, 0.4) is 0 Å². The van der Waals surface area contributed by atoms with Crippen molar-refractivity contribution in [3.63, 3.8) is 0 Å². The third-order valence-corrected chi connectivity index (χ3v) is 6.75. The van der Waals surface area contributed by atoms with Gasteiger partial charge in [0, 0.05) is 30.2 Å². The smallest absolute Gasteiger partial charge is 0.405 e. The highest BCUT2D eigenvalue weighted by Gasteiger charge is 2.49. The zero-order chi connectivity index (χ0) is 16.8. The largest absolute Gasteiger partial charge is 0.496 e. The minimum absolute atomic E-state index is 0.397. The third-order valence-electron chi connectivity index (χ3n) is 5.63. The monoisotopic (exact) mass is 348 g/mol. The first-order valence-electron chi connectivity index (χ1n) is 8.76. The van der Waals surface area contributed by atoms with Crippen molar-refractivity contribution < 1.29 is 14.0 Å². The van der Waals surface area contributed by atoms with Gasteiger partial charge in [-0.3, -0.25) is 0 Å². The molecule has 0 amide bonds. The van der Waals surface area contributed by atoms with Crippen LogP contribution in [0.1, 0.15) is 42.5 Å². The van der Waals surface area contributed by atoms with Crippen molar-refractivity contribution in [3.05, 3.63) is 23.0 Å². The number of fused-ring (bicyclic) bond motifs is 5. The van der Waals surface area contributed by atoms with E-state index in [2.05, 4.69) is 28.9 Å². The van der Waals surface area contributed by atoms with Crippen molar-refractivity contribution in [2.75, 3.05) is 14.2 Å². The van der Waals surface area contributed by atoms with Crippen molar-refractivity contribution in [2.24, 2.45) is 4.99 Å². The summed E-state index contributed by atoms with van der Waals surface area (Å²) in [5, 5.41) is 0. The number of aromatic nitrogens is 1. The minimum Gasteiger partial charge on any atom is -0.496 e. The first-order chi connectivity index (χ1) is 11.6. The van der Waals surface area contributed by atoms with Crippen LogP contribution in [0.2, 0.25) is 0 Å². The molecule has 3 heterocycles. The van der Waals surface area contributed by atoms with E-state index in [0.717, 1.165) is 43.1 Å². The van der Waals surface area contributed by atoms with Gasteiger partial charge in [0.1, 0.15) is 23.5 Å². The quantitative estimate of drug-likeness (QED) is 0.608. The summed E-state index contributed by atoms with van der Waals surface area (Å²) >= 11 is 1.90. The topological polar surface area (TPSA) is 37.9 Å². The molecule has 1 aromatic heterocycles. The maximum Gasteiger partial charge on any atom is 0.405 e. The Balaban J connectivity index is 1.71. The molecule has 3 unspecified atom stereocenters. The normalized spacial score (nSPS) is 28.6. The molecule has 0 radical (unpaired) electrons. The minimum atomic E-state index is 0.397. The predicted octanol–water partition coefficient (Wildman–Crippen LogP) is 2.61. The summed E-state index contributed by atoms with van der Waals surface area (Å²) in [7, 11) is 3.59. The Morgan fingerprint density at radius 3 is 2.75 bits per heavy atom. The summed E-state index contributed by atoms with van der Waals surface area (Å²) in [5.41, 5.74) is 3.71. The summed E-state index contributed by atoms with van der Waals surface area (Å²) < 4.78 is 15.9. The lowest BCUT2D eigenvalue weighted by molar-refractivity contribution is -0.573. The lowest BCUT2D eigenvalue weighted by Crippen LogP contribution is -2.57. The number of aliphatic imine (C=N–C) groups is 1. The fraction of sp³-hybridized carbons (Fsp3) is 0.667. The van der Waals surface area contributed by atoms with Crippen molar-refractivity contribution >= 4 is 17.9 Å². The van der Waals surface area contributed by atoms with Gasteiger partial charge in [-0.1, -0.05) is 0 Å². The molecule has 6 heteroatoms. The summed E-state index contributed by atoms with van der Waals surface area (Å²) in [4.78, 5) is 5.13. The number of pyridine rings is 1. The van der Waals surface area contributed by atoms with Crippen molar-refractivity contribution in [1.82, 2.24) is 4.31 Å². The van der Waals surface area contributed by atoms with E-state index in [-0.39, 0.29) is 0 Å². The zero-order valence-electron chi connectivity index (χ0n) is 14.9. The number of hydrogen-bond acceptors (Lipinski definition) is 5. The molecular weight excluding hydrogens is 322 g/mol. The van der Waals surface area contributed by atoms with E-state index >= 15 is 0 Å². The molecular formula is C18H26N3O2S+. The highest BCUT2D eigenvalue weighted by atomic mass is 32.2. The Kier molecular flexibility index (Phi) is 4.21. The molecule has 24 heavy (non-hydrogen) atoms. The standard InChI is InChI=1S/C18H26N3O2S/c1-11-9-20-16(12(2)17(11)23-4)10-24-21-15-8-6-13(22-3)5-7-14(15)19-18(20)21/h9,13-15H,5-8,10H2,1-4H3/q+1. The van der Waals surface area contributed by atoms with Crippen LogP contribution in [0, 0.1) is 13.8 Å². The number of nitrogens with zero attached hydrogens (tertiary/aromatic N) is 3. The molecule has 3 aliphatic rings. The predicted molar refractivity (Wildman–Crippen MR) is 95.5 cm³/mol. The molecule has 4 rings (SSSR count). The van der Waals surface area contributed by atoms with E-state index in [1.807, 2.05) is 19.1 Å². The molecule has 1 fully saturated rings. The van der Waals surface area contributed by atoms with Gasteiger partial charge >= 0.3 is 5.96 Å². The van der Waals surface area contributed by atoms with Crippen LogP contribution >= 0.6 is 11.9 Å². The molecule has 0 N–H and O–H groups in total. The maximum atomic E-state index is 5.60. The van der Waals surface area contributed by atoms with Crippen LogP contribution in [0.15, 0.2) is 11.2 Å². The summed E-state index contributed by atoms with van der Waals surface area (Å²) in [5.74, 6) is 3.09. The Morgan fingerprint density at radius 2 is 2.00 bits per heavy atom. The fourth-order valence-corrected chi connectivity index (χ4v) is 5.62. The van der Waals surface area contributed by atoms with E-state index in [9.17, 15) is 0 Å². The van der Waals surface area contributed by atoms with Crippen molar-refractivity contribution in [3.8, 4) is 5.75 Å². The van der Waals surface area contributed by atoms with Gasteiger partial charge in [-0.05, 0) is 39.5 Å². The van der Waals surface area contributed by atoms with Crippen LogP contribution in [0.5, 0.6) is 5.75 Å². The molecule has 5 nitrogen and oxygen atoms in total. The molecule has 0 spiro atoms. The van der Waals surface area contributed by atoms with E-state index in [4.69, 9.17) is 14.5 Å². The number of rotatable bonds is 2. The van der Waals surface area contributed by atoms with Crippen LogP contribution in [-0.4, -0.2) is 42.7 Å². The van der Waals surface area contributed by atoms with E-state index in [1.165, 1.54) is 16.8 Å². The second-order valence-electron chi connectivity index (χ2n) is 6.96. The van der Waals surface area contributed by atoms with Crippen LogP contribution in [-0.2, 0) is 10.5 Å². The zero-order valence-corrected chi connectivity index (χ0v) is 15.7. The maximum absolute atomic E-state index is 5.60. The van der Waals surface area contributed by atoms with Crippen LogP contribution in [0.4, 0.5) is 0 Å². The van der Waals surface area contributed by atoms with Gasteiger partial charge in [-0.25, -0.2) is 4.57 Å². The Morgan fingerprint density at radius 1 is 1.21 bits per heavy atom. The highest BCUT2D eigenvalue weighted by Crippen LogP contribution is 2.38. The SMILES string of the molecule is COc1c(C)c[n+]2c(c1C)CSN1C2=NC2CCC(OC)CCC21. The van der Waals surface area contributed by atoms with Gasteiger partial charge in [-0.2, -0.15) is 4.31 Å². The summed E-state index contributed by atoms with van der Waals surface area (Å²) in [6.07, 6.45) is 7.12. The molecule has 1 aromatic rings. The number of ether oxygens (including phenoxy) is 2. The lowest BCUT2D eigenvalue weighted by Gasteiger charge is -2.27. The molecule has 0 aromatic carbocycles. The van der Waals surface area contributed by atoms with Crippen molar-refractivity contribution in [2.45, 2.75) is 63.5 Å².